The Morgan fingerprint density at radius 3 is 1.67 bits per heavy atom. The number of carbonyl (C=O) groups is 1. The second-order valence-electron chi connectivity index (χ2n) is 7.07. The minimum Gasteiger partial charge on any atom is -0.301 e. The van der Waals surface area contributed by atoms with E-state index in [1.807, 2.05) is 0 Å². The Bertz CT molecular complexity index is 281. The summed E-state index contributed by atoms with van der Waals surface area (Å²) >= 11 is 0. The van der Waals surface area contributed by atoms with Gasteiger partial charge in [0.25, 0.3) is 0 Å². The van der Waals surface area contributed by atoms with Crippen molar-refractivity contribution in [3.8, 4) is 0 Å². The van der Waals surface area contributed by atoms with Crippen molar-refractivity contribution < 1.29 is 4.79 Å². The summed E-state index contributed by atoms with van der Waals surface area (Å²) in [6.45, 7) is 13.7. The van der Waals surface area contributed by atoms with Gasteiger partial charge in [0.05, 0.1) is 0 Å². The minimum atomic E-state index is 0.438. The third kappa shape index (κ3) is 7.96. The highest BCUT2D eigenvalue weighted by atomic mass is 16.1. The van der Waals surface area contributed by atoms with Gasteiger partial charge < -0.3 is 9.80 Å². The molecule has 2 fully saturated rings. The van der Waals surface area contributed by atoms with E-state index in [9.17, 15) is 4.79 Å². The highest BCUT2D eigenvalue weighted by molar-refractivity contribution is 5.78. The highest BCUT2D eigenvalue weighted by Crippen LogP contribution is 2.11. The maximum atomic E-state index is 11.0. The smallest absolute Gasteiger partial charge is 0.134 e. The normalized spacial score (nSPS) is 22.7. The fourth-order valence-corrected chi connectivity index (χ4v) is 3.11. The molecule has 0 radical (unpaired) electrons. The summed E-state index contributed by atoms with van der Waals surface area (Å²) in [5.74, 6) is 0.438. The molecule has 0 aromatic heterocycles. The van der Waals surface area contributed by atoms with E-state index >= 15 is 0 Å². The van der Waals surface area contributed by atoms with Crippen molar-refractivity contribution in [2.45, 2.75) is 84.7 Å². The van der Waals surface area contributed by atoms with Crippen molar-refractivity contribution in [1.29, 1.82) is 0 Å². The summed E-state index contributed by atoms with van der Waals surface area (Å²) < 4.78 is 0. The predicted octanol–water partition coefficient (Wildman–Crippen LogP) is 3.72. The van der Waals surface area contributed by atoms with Crippen LogP contribution in [0.5, 0.6) is 0 Å². The van der Waals surface area contributed by atoms with E-state index in [1.165, 1.54) is 38.8 Å². The Labute approximate surface area is 132 Å². The number of hydrogen-bond donors (Lipinski definition) is 0. The molecule has 21 heavy (non-hydrogen) atoms. The van der Waals surface area contributed by atoms with Crippen LogP contribution in [0, 0.1) is 0 Å². The van der Waals surface area contributed by atoms with Gasteiger partial charge in [-0.1, -0.05) is 12.8 Å². The highest BCUT2D eigenvalue weighted by Gasteiger charge is 2.15. The van der Waals surface area contributed by atoms with Crippen molar-refractivity contribution in [1.82, 2.24) is 9.80 Å². The second-order valence-corrected chi connectivity index (χ2v) is 7.07. The molecule has 0 atom stereocenters. The summed E-state index contributed by atoms with van der Waals surface area (Å²) in [5, 5.41) is 0. The third-order valence-corrected chi connectivity index (χ3v) is 4.68. The Morgan fingerprint density at radius 1 is 0.667 bits per heavy atom. The fourth-order valence-electron chi connectivity index (χ4n) is 3.11. The lowest BCUT2D eigenvalue weighted by atomic mass is 10.2. The Hall–Kier alpha value is -0.410. The molecule has 0 unspecified atom stereocenters. The number of ketones is 1. The van der Waals surface area contributed by atoms with Gasteiger partial charge in [0, 0.05) is 31.5 Å². The van der Waals surface area contributed by atoms with Gasteiger partial charge in [-0.2, -0.15) is 0 Å². The number of carbonyl (C=O) groups excluding carboxylic acids is 1. The lowest BCUT2D eigenvalue weighted by Crippen LogP contribution is -2.31. The molecule has 0 aromatic carbocycles. The van der Waals surface area contributed by atoms with Crippen LogP contribution in [0.3, 0.4) is 0 Å². The lowest BCUT2D eigenvalue weighted by Gasteiger charge is -2.23. The van der Waals surface area contributed by atoms with Crippen molar-refractivity contribution in [3.05, 3.63) is 0 Å². The maximum Gasteiger partial charge on any atom is 0.134 e. The Balaban J connectivity index is 0.000000211. The molecule has 0 bridgehead atoms. The van der Waals surface area contributed by atoms with E-state index in [1.54, 1.807) is 0 Å². The van der Waals surface area contributed by atoms with Gasteiger partial charge in [0.1, 0.15) is 5.78 Å². The van der Waals surface area contributed by atoms with E-state index in [0.717, 1.165) is 38.4 Å². The lowest BCUT2D eigenvalue weighted by molar-refractivity contribution is -0.118. The van der Waals surface area contributed by atoms with Gasteiger partial charge in [-0.15, -0.1) is 0 Å². The molecule has 2 aliphatic rings. The fraction of sp³-hybridized carbons (Fsp3) is 0.944. The Morgan fingerprint density at radius 2 is 1.14 bits per heavy atom. The third-order valence-electron chi connectivity index (χ3n) is 4.68. The largest absolute Gasteiger partial charge is 0.301 e. The summed E-state index contributed by atoms with van der Waals surface area (Å²) in [7, 11) is 0. The van der Waals surface area contributed by atoms with Crippen LogP contribution in [0.15, 0.2) is 0 Å². The molecule has 2 saturated heterocycles. The van der Waals surface area contributed by atoms with E-state index in [2.05, 4.69) is 37.5 Å². The first-order valence-corrected chi connectivity index (χ1v) is 9.00. The molecule has 0 N–H and O–H groups in total. The quantitative estimate of drug-likeness (QED) is 0.776. The van der Waals surface area contributed by atoms with Crippen molar-refractivity contribution in [2.75, 3.05) is 26.2 Å². The maximum absolute atomic E-state index is 11.0. The van der Waals surface area contributed by atoms with Gasteiger partial charge in [-0.05, 0) is 66.6 Å². The standard InChI is InChI=1S/C9H17NO.C9H19N/c1-8(2)10-6-3-4-9(11)5-7-10;1-9(2)10-7-5-3-4-6-8-10/h8H,3-7H2,1-2H3;9H,3-8H2,1-2H3. The average Bonchev–Trinajstić information content (AvgIpc) is 2.81. The van der Waals surface area contributed by atoms with Crippen LogP contribution in [0.2, 0.25) is 0 Å². The zero-order chi connectivity index (χ0) is 15.7. The van der Waals surface area contributed by atoms with Crippen LogP contribution in [-0.4, -0.2) is 53.8 Å². The van der Waals surface area contributed by atoms with E-state index < -0.39 is 0 Å². The molecular weight excluding hydrogens is 260 g/mol. The monoisotopic (exact) mass is 296 g/mol. The van der Waals surface area contributed by atoms with Gasteiger partial charge in [0.2, 0.25) is 0 Å². The minimum absolute atomic E-state index is 0.438. The SMILES string of the molecule is CC(C)N1CCCC(=O)CC1.CC(C)N1CCCCCC1. The molecule has 0 aromatic rings. The molecular formula is C18H36N2O. The topological polar surface area (TPSA) is 23.6 Å². The van der Waals surface area contributed by atoms with E-state index in [0.29, 0.717) is 11.8 Å². The first kappa shape index (κ1) is 18.6. The van der Waals surface area contributed by atoms with Crippen molar-refractivity contribution in [3.63, 3.8) is 0 Å². The van der Waals surface area contributed by atoms with Gasteiger partial charge in [0.15, 0.2) is 0 Å². The molecule has 0 spiro atoms. The first-order valence-electron chi connectivity index (χ1n) is 9.00. The molecule has 0 amide bonds. The van der Waals surface area contributed by atoms with Gasteiger partial charge >= 0.3 is 0 Å². The van der Waals surface area contributed by atoms with Crippen molar-refractivity contribution in [2.24, 2.45) is 0 Å². The molecule has 2 heterocycles. The van der Waals surface area contributed by atoms with Crippen LogP contribution in [0.1, 0.15) is 72.6 Å². The Kier molecular flexibility index (Phi) is 9.18. The number of rotatable bonds is 2. The second kappa shape index (κ2) is 10.3. The van der Waals surface area contributed by atoms with Crippen LogP contribution in [-0.2, 0) is 4.79 Å². The number of likely N-dealkylation sites (tertiary alicyclic amines) is 2. The molecule has 2 aliphatic heterocycles. The first-order chi connectivity index (χ1) is 10.0. The summed E-state index contributed by atoms with van der Waals surface area (Å²) in [6.07, 6.45) is 8.33. The predicted molar refractivity (Wildman–Crippen MR) is 90.7 cm³/mol. The summed E-state index contributed by atoms with van der Waals surface area (Å²) in [6, 6.07) is 1.36. The zero-order valence-electron chi connectivity index (χ0n) is 14.7. The molecule has 0 aliphatic carbocycles. The van der Waals surface area contributed by atoms with Gasteiger partial charge in [-0.25, -0.2) is 0 Å². The van der Waals surface area contributed by atoms with Crippen LogP contribution < -0.4 is 0 Å². The van der Waals surface area contributed by atoms with Crippen LogP contribution in [0.25, 0.3) is 0 Å². The van der Waals surface area contributed by atoms with Crippen LogP contribution >= 0.6 is 0 Å². The van der Waals surface area contributed by atoms with E-state index in [-0.39, 0.29) is 0 Å². The van der Waals surface area contributed by atoms with Crippen LogP contribution in [0.4, 0.5) is 0 Å². The zero-order valence-corrected chi connectivity index (χ0v) is 14.7. The number of nitrogens with zero attached hydrogens (tertiary/aromatic N) is 2. The number of hydrogen-bond acceptors (Lipinski definition) is 3. The number of Topliss-reactive ketones (excluding diaryl/α,β-unsaturated/α-hetero) is 1. The van der Waals surface area contributed by atoms with Gasteiger partial charge in [-0.3, -0.25) is 4.79 Å². The molecule has 3 nitrogen and oxygen atoms in total. The summed E-state index contributed by atoms with van der Waals surface area (Å²) in [5.41, 5.74) is 0. The molecule has 0 saturated carbocycles. The molecule has 3 heteroatoms. The van der Waals surface area contributed by atoms with Crippen molar-refractivity contribution >= 4 is 5.78 Å². The van der Waals surface area contributed by atoms with E-state index in [4.69, 9.17) is 0 Å². The molecule has 2 rings (SSSR count). The average molecular weight is 296 g/mol. The molecule has 124 valence electrons. The summed E-state index contributed by atoms with van der Waals surface area (Å²) in [4.78, 5) is 16.0.